The van der Waals surface area contributed by atoms with Crippen molar-refractivity contribution in [1.82, 2.24) is 21.2 Å². The van der Waals surface area contributed by atoms with Crippen LogP contribution in [0, 0.1) is 0 Å². The molecule has 18 heavy (non-hydrogen) atoms. The molecular formula is C9H10N6O3. The van der Waals surface area contributed by atoms with Gasteiger partial charge in [-0.25, -0.2) is 4.79 Å². The molecule has 0 radical (unpaired) electrons. The number of anilines is 1. The van der Waals surface area contributed by atoms with Gasteiger partial charge in [0.25, 0.3) is 0 Å². The van der Waals surface area contributed by atoms with Gasteiger partial charge < -0.3 is 15.1 Å². The lowest BCUT2D eigenvalue weighted by Crippen LogP contribution is -2.42. The predicted molar refractivity (Wildman–Crippen MR) is 60.8 cm³/mol. The summed E-state index contributed by atoms with van der Waals surface area (Å²) in [6.07, 6.45) is 3.11. The molecule has 0 aliphatic heterocycles. The van der Waals surface area contributed by atoms with E-state index in [0.29, 0.717) is 5.56 Å². The number of rotatable bonds is 5. The highest BCUT2D eigenvalue weighted by Crippen LogP contribution is 2.29. The Kier molecular flexibility index (Phi) is 3.48. The molecule has 0 aliphatic carbocycles. The van der Waals surface area contributed by atoms with E-state index in [4.69, 9.17) is 15.5 Å². The molecule has 9 heteroatoms. The second-order valence-electron chi connectivity index (χ2n) is 3.18. The Morgan fingerprint density at radius 2 is 2.33 bits per heavy atom. The van der Waals surface area contributed by atoms with Crippen LogP contribution in [0.4, 0.5) is 5.69 Å². The molecule has 0 saturated heterocycles. The van der Waals surface area contributed by atoms with E-state index in [2.05, 4.69) is 26.6 Å². The topological polar surface area (TPSA) is 138 Å². The number of hydrogen-bond donors (Lipinski definition) is 5. The van der Waals surface area contributed by atoms with E-state index in [1.165, 1.54) is 6.20 Å². The fraction of sp³-hybridized carbons (Fsp3) is 0. The van der Waals surface area contributed by atoms with Crippen molar-refractivity contribution in [3.05, 3.63) is 30.2 Å². The molecule has 0 spiro atoms. The van der Waals surface area contributed by atoms with Crippen LogP contribution >= 0.6 is 0 Å². The van der Waals surface area contributed by atoms with Crippen LogP contribution in [0.3, 0.4) is 0 Å². The number of carboxylic acid groups (broad SMARTS) is 1. The average molecular weight is 250 g/mol. The van der Waals surface area contributed by atoms with Crippen LogP contribution in [0.1, 0.15) is 10.5 Å². The largest absolute Gasteiger partial charge is 0.476 e. The minimum Gasteiger partial charge on any atom is -0.476 e. The quantitative estimate of drug-likeness (QED) is 0.358. The molecular weight excluding hydrogens is 240 g/mol. The average Bonchev–Trinajstić information content (AvgIpc) is 2.81. The Balaban J connectivity index is 2.44. The van der Waals surface area contributed by atoms with E-state index >= 15 is 0 Å². The molecule has 2 heterocycles. The summed E-state index contributed by atoms with van der Waals surface area (Å²) in [6, 6.07) is 3.40. The molecule has 2 aromatic rings. The van der Waals surface area contributed by atoms with Crippen LogP contribution in [0.15, 0.2) is 29.0 Å². The van der Waals surface area contributed by atoms with Crippen molar-refractivity contribution in [3.8, 4) is 11.3 Å². The molecule has 6 N–H and O–H groups in total. The van der Waals surface area contributed by atoms with E-state index < -0.39 is 5.97 Å². The first-order valence-electron chi connectivity index (χ1n) is 4.84. The maximum absolute atomic E-state index is 11.0. The fourth-order valence-corrected chi connectivity index (χ4v) is 1.34. The molecule has 0 fully saturated rings. The summed E-state index contributed by atoms with van der Waals surface area (Å²) in [6.45, 7) is 0. The number of aromatic carboxylic acids is 1. The highest BCUT2D eigenvalue weighted by molar-refractivity contribution is 5.95. The smallest absolute Gasteiger partial charge is 0.360 e. The van der Waals surface area contributed by atoms with Gasteiger partial charge in [0.15, 0.2) is 5.76 Å². The molecule has 0 amide bonds. The maximum atomic E-state index is 11.0. The van der Waals surface area contributed by atoms with Crippen LogP contribution < -0.4 is 22.3 Å². The third kappa shape index (κ3) is 2.27. The van der Waals surface area contributed by atoms with Gasteiger partial charge in [-0.2, -0.15) is 11.1 Å². The summed E-state index contributed by atoms with van der Waals surface area (Å²) in [5, 5.41) is 12.4. The molecule has 0 unspecified atom stereocenters. The Hall–Kier alpha value is -2.49. The summed E-state index contributed by atoms with van der Waals surface area (Å²) in [4.78, 5) is 14.9. The standard InChI is InChI=1S/C9H10N6O3/c10-14-15-12-6-7(9(16)17)13-18-8(6)5-2-1-3-11-4-5/h1-4,12,14-15H,10H2,(H,16,17). The minimum atomic E-state index is -1.23. The SMILES string of the molecule is NNNNc1c(C(=O)O)noc1-c1cccnc1. The van der Waals surface area contributed by atoms with E-state index in [1.54, 1.807) is 18.3 Å². The van der Waals surface area contributed by atoms with E-state index in [1.807, 2.05) is 0 Å². The Bertz CT molecular complexity index is 540. The summed E-state index contributed by atoms with van der Waals surface area (Å²) < 4.78 is 5.00. The number of aromatic nitrogens is 2. The van der Waals surface area contributed by atoms with Gasteiger partial charge in [-0.3, -0.25) is 10.8 Å². The van der Waals surface area contributed by atoms with Crippen LogP contribution in [0.5, 0.6) is 0 Å². The second-order valence-corrected chi connectivity index (χ2v) is 3.18. The minimum absolute atomic E-state index is 0.147. The first-order chi connectivity index (χ1) is 8.74. The van der Waals surface area contributed by atoms with E-state index in [-0.39, 0.29) is 17.1 Å². The highest BCUT2D eigenvalue weighted by Gasteiger charge is 2.22. The number of pyridine rings is 1. The van der Waals surface area contributed by atoms with Crippen molar-refractivity contribution in [2.24, 2.45) is 5.84 Å². The van der Waals surface area contributed by atoms with Crippen molar-refractivity contribution in [2.75, 3.05) is 5.43 Å². The van der Waals surface area contributed by atoms with Crippen molar-refractivity contribution in [3.63, 3.8) is 0 Å². The van der Waals surface area contributed by atoms with Crippen molar-refractivity contribution in [2.45, 2.75) is 0 Å². The van der Waals surface area contributed by atoms with Crippen molar-refractivity contribution >= 4 is 11.7 Å². The van der Waals surface area contributed by atoms with Crippen molar-refractivity contribution < 1.29 is 14.4 Å². The summed E-state index contributed by atoms with van der Waals surface area (Å²) >= 11 is 0. The molecule has 0 saturated carbocycles. The molecule has 94 valence electrons. The van der Waals surface area contributed by atoms with Crippen molar-refractivity contribution in [1.29, 1.82) is 0 Å². The lowest BCUT2D eigenvalue weighted by molar-refractivity contribution is 0.0686. The summed E-state index contributed by atoms with van der Waals surface area (Å²) in [5.74, 6) is 4.04. The Morgan fingerprint density at radius 3 is 2.94 bits per heavy atom. The number of carboxylic acids is 1. The van der Waals surface area contributed by atoms with Gasteiger partial charge in [-0.05, 0) is 12.1 Å². The van der Waals surface area contributed by atoms with Crippen LogP contribution in [0.25, 0.3) is 11.3 Å². The Labute approximate surface area is 101 Å². The van der Waals surface area contributed by atoms with Gasteiger partial charge in [0, 0.05) is 18.0 Å². The lowest BCUT2D eigenvalue weighted by Gasteiger charge is -2.06. The van der Waals surface area contributed by atoms with Gasteiger partial charge >= 0.3 is 5.97 Å². The predicted octanol–water partition coefficient (Wildman–Crippen LogP) is -0.270. The van der Waals surface area contributed by atoms with Crippen LogP contribution in [-0.4, -0.2) is 21.2 Å². The van der Waals surface area contributed by atoms with Gasteiger partial charge in [-0.15, -0.1) is 0 Å². The molecule has 9 nitrogen and oxygen atoms in total. The number of nitrogens with zero attached hydrogens (tertiary/aromatic N) is 2. The van der Waals surface area contributed by atoms with Gasteiger partial charge in [0.05, 0.1) is 0 Å². The number of nitrogens with two attached hydrogens (primary N) is 1. The van der Waals surface area contributed by atoms with Crippen LogP contribution in [-0.2, 0) is 0 Å². The number of carbonyl (C=O) groups is 1. The third-order valence-corrected chi connectivity index (χ3v) is 2.08. The lowest BCUT2D eigenvalue weighted by atomic mass is 10.2. The monoisotopic (exact) mass is 250 g/mol. The summed E-state index contributed by atoms with van der Waals surface area (Å²) in [7, 11) is 0. The van der Waals surface area contributed by atoms with Crippen LogP contribution in [0.2, 0.25) is 0 Å². The molecule has 0 aromatic carbocycles. The van der Waals surface area contributed by atoms with Gasteiger partial charge in [0.2, 0.25) is 5.69 Å². The molecule has 0 aliphatic rings. The summed E-state index contributed by atoms with van der Waals surface area (Å²) in [5.41, 5.74) is 7.46. The van der Waals surface area contributed by atoms with E-state index in [0.717, 1.165) is 0 Å². The van der Waals surface area contributed by atoms with Gasteiger partial charge in [-0.1, -0.05) is 5.16 Å². The van der Waals surface area contributed by atoms with Gasteiger partial charge in [0.1, 0.15) is 5.69 Å². The first-order valence-corrected chi connectivity index (χ1v) is 4.84. The number of hydrogen-bond acceptors (Lipinski definition) is 8. The molecule has 0 bridgehead atoms. The zero-order valence-electron chi connectivity index (χ0n) is 9.04. The first kappa shape index (κ1) is 12.0. The number of hydrazine groups is 3. The number of nitrogens with one attached hydrogen (secondary N) is 3. The second kappa shape index (κ2) is 5.23. The Morgan fingerprint density at radius 1 is 1.50 bits per heavy atom. The molecule has 2 rings (SSSR count). The molecule has 0 atom stereocenters. The third-order valence-electron chi connectivity index (χ3n) is 2.08. The maximum Gasteiger partial charge on any atom is 0.360 e. The zero-order valence-corrected chi connectivity index (χ0v) is 9.04. The highest BCUT2D eigenvalue weighted by atomic mass is 16.5. The van der Waals surface area contributed by atoms with E-state index in [9.17, 15) is 4.79 Å². The normalized spacial score (nSPS) is 10.3. The fourth-order valence-electron chi connectivity index (χ4n) is 1.34. The molecule has 2 aromatic heterocycles. The zero-order chi connectivity index (χ0) is 13.0.